The maximum Gasteiger partial charge on any atom is 0.141 e. The van der Waals surface area contributed by atoms with Crippen molar-refractivity contribution in [2.75, 3.05) is 33.8 Å². The van der Waals surface area contributed by atoms with E-state index in [-0.39, 0.29) is 18.5 Å². The summed E-state index contributed by atoms with van der Waals surface area (Å²) in [6.45, 7) is 2.01. The van der Waals surface area contributed by atoms with Crippen LogP contribution < -0.4 is 5.32 Å². The first-order valence-corrected chi connectivity index (χ1v) is 6.25. The molecular weight excluding hydrogens is 233 g/mol. The van der Waals surface area contributed by atoms with Crippen LogP contribution in [0.2, 0.25) is 0 Å². The number of hydrogen-bond donors (Lipinski definition) is 2. The van der Waals surface area contributed by atoms with E-state index in [0.717, 1.165) is 31.6 Å². The number of aliphatic hydroxyl groups is 1. The summed E-state index contributed by atoms with van der Waals surface area (Å²) < 4.78 is 12.8. The molecule has 1 atom stereocenters. The van der Waals surface area contributed by atoms with E-state index in [1.54, 1.807) is 6.07 Å². The quantitative estimate of drug-likeness (QED) is 0.732. The van der Waals surface area contributed by atoms with Crippen molar-refractivity contribution >= 4 is 0 Å². The van der Waals surface area contributed by atoms with Crippen LogP contribution in [0.1, 0.15) is 24.6 Å². The van der Waals surface area contributed by atoms with Crippen LogP contribution in [-0.4, -0.2) is 48.8 Å². The monoisotopic (exact) mass is 255 g/mol. The molecule has 0 aliphatic heterocycles. The van der Waals surface area contributed by atoms with Gasteiger partial charge in [-0.1, -0.05) is 0 Å². The van der Waals surface area contributed by atoms with Crippen molar-refractivity contribution in [2.24, 2.45) is 0 Å². The fourth-order valence-electron chi connectivity index (χ4n) is 1.84. The van der Waals surface area contributed by atoms with Gasteiger partial charge >= 0.3 is 0 Å². The van der Waals surface area contributed by atoms with E-state index in [9.17, 15) is 4.39 Å². The molecule has 1 rings (SSSR count). The van der Waals surface area contributed by atoms with E-state index < -0.39 is 0 Å². The molecule has 0 aliphatic carbocycles. The van der Waals surface area contributed by atoms with Crippen LogP contribution in [0.5, 0.6) is 0 Å². The highest BCUT2D eigenvalue weighted by Gasteiger charge is 2.11. The summed E-state index contributed by atoms with van der Waals surface area (Å²) in [5.41, 5.74) is 0.856. The van der Waals surface area contributed by atoms with E-state index in [1.807, 2.05) is 14.1 Å². The zero-order chi connectivity index (χ0) is 13.4. The Kier molecular flexibility index (Phi) is 6.78. The molecule has 1 aromatic rings. The lowest BCUT2D eigenvalue weighted by atomic mass is 10.1. The van der Waals surface area contributed by atoms with E-state index in [2.05, 4.69) is 15.2 Å². The zero-order valence-corrected chi connectivity index (χ0v) is 11.1. The summed E-state index contributed by atoms with van der Waals surface area (Å²) >= 11 is 0. The molecule has 0 saturated carbocycles. The Hall–Kier alpha value is -1.04. The Morgan fingerprint density at radius 1 is 1.44 bits per heavy atom. The molecule has 18 heavy (non-hydrogen) atoms. The van der Waals surface area contributed by atoms with Gasteiger partial charge < -0.3 is 15.3 Å². The van der Waals surface area contributed by atoms with Crippen LogP contribution >= 0.6 is 0 Å². The van der Waals surface area contributed by atoms with Crippen molar-refractivity contribution in [3.05, 3.63) is 29.8 Å². The van der Waals surface area contributed by atoms with Gasteiger partial charge in [-0.2, -0.15) is 0 Å². The molecule has 0 bridgehead atoms. The molecule has 0 spiro atoms. The highest BCUT2D eigenvalue weighted by atomic mass is 19.1. The third-order valence-corrected chi connectivity index (χ3v) is 2.95. The number of halogens is 1. The van der Waals surface area contributed by atoms with E-state index in [0.29, 0.717) is 0 Å². The molecular formula is C13H22FN3O. The van der Waals surface area contributed by atoms with Crippen molar-refractivity contribution in [1.29, 1.82) is 0 Å². The number of nitrogens with zero attached hydrogens (tertiary/aromatic N) is 2. The highest BCUT2D eigenvalue weighted by molar-refractivity contribution is 5.09. The third kappa shape index (κ3) is 5.08. The zero-order valence-electron chi connectivity index (χ0n) is 11.1. The summed E-state index contributed by atoms with van der Waals surface area (Å²) in [5.74, 6) is -0.311. The SMILES string of the molecule is CNC(CCN(C)CCCO)c1ccc(F)cn1. The first kappa shape index (κ1) is 15.0. The lowest BCUT2D eigenvalue weighted by Gasteiger charge is -2.20. The predicted molar refractivity (Wildman–Crippen MR) is 69.8 cm³/mol. The number of nitrogens with one attached hydrogen (secondary N) is 1. The standard InChI is InChI=1S/C13H22FN3O/c1-15-12(6-8-17(2)7-3-9-18)13-5-4-11(14)10-16-13/h4-5,10,12,15,18H,3,6-9H2,1-2H3. The maximum absolute atomic E-state index is 12.8. The predicted octanol–water partition coefficient (Wildman–Crippen LogP) is 1.19. The van der Waals surface area contributed by atoms with Crippen molar-refractivity contribution in [3.8, 4) is 0 Å². The molecule has 1 unspecified atom stereocenters. The Morgan fingerprint density at radius 2 is 2.22 bits per heavy atom. The lowest BCUT2D eigenvalue weighted by molar-refractivity contribution is 0.242. The van der Waals surface area contributed by atoms with Gasteiger partial charge in [0.2, 0.25) is 0 Å². The van der Waals surface area contributed by atoms with Crippen LogP contribution in [-0.2, 0) is 0 Å². The second-order valence-corrected chi connectivity index (χ2v) is 4.41. The van der Waals surface area contributed by atoms with Crippen LogP contribution in [0.15, 0.2) is 18.3 Å². The van der Waals surface area contributed by atoms with Crippen LogP contribution in [0.3, 0.4) is 0 Å². The number of aliphatic hydroxyl groups excluding tert-OH is 1. The normalized spacial score (nSPS) is 12.9. The topological polar surface area (TPSA) is 48.4 Å². The van der Waals surface area contributed by atoms with Gasteiger partial charge in [0.15, 0.2) is 0 Å². The average molecular weight is 255 g/mol. The molecule has 0 radical (unpaired) electrons. The molecule has 102 valence electrons. The van der Waals surface area contributed by atoms with Gasteiger partial charge in [-0.05, 0) is 45.6 Å². The molecule has 1 aromatic heterocycles. The van der Waals surface area contributed by atoms with Crippen molar-refractivity contribution < 1.29 is 9.50 Å². The van der Waals surface area contributed by atoms with Crippen molar-refractivity contribution in [2.45, 2.75) is 18.9 Å². The first-order valence-electron chi connectivity index (χ1n) is 6.25. The van der Waals surface area contributed by atoms with Gasteiger partial charge in [-0.15, -0.1) is 0 Å². The molecule has 1 heterocycles. The number of pyridine rings is 1. The van der Waals surface area contributed by atoms with Crippen LogP contribution in [0, 0.1) is 5.82 Å². The molecule has 4 nitrogen and oxygen atoms in total. The van der Waals surface area contributed by atoms with Crippen molar-refractivity contribution in [1.82, 2.24) is 15.2 Å². The van der Waals surface area contributed by atoms with Gasteiger partial charge in [-0.3, -0.25) is 4.98 Å². The fourth-order valence-corrected chi connectivity index (χ4v) is 1.84. The summed E-state index contributed by atoms with van der Waals surface area (Å²) in [5, 5.41) is 11.9. The minimum absolute atomic E-state index is 0.127. The third-order valence-electron chi connectivity index (χ3n) is 2.95. The van der Waals surface area contributed by atoms with E-state index in [1.165, 1.54) is 12.3 Å². The molecule has 0 aliphatic rings. The van der Waals surface area contributed by atoms with Gasteiger partial charge in [0.25, 0.3) is 0 Å². The second kappa shape index (κ2) is 8.13. The number of rotatable bonds is 8. The minimum atomic E-state index is -0.311. The van der Waals surface area contributed by atoms with Gasteiger partial charge in [0, 0.05) is 13.2 Å². The molecule has 0 saturated heterocycles. The Morgan fingerprint density at radius 3 is 2.78 bits per heavy atom. The number of aromatic nitrogens is 1. The summed E-state index contributed by atoms with van der Waals surface area (Å²) in [6, 6.07) is 3.27. The van der Waals surface area contributed by atoms with Crippen LogP contribution in [0.4, 0.5) is 4.39 Å². The smallest absolute Gasteiger partial charge is 0.141 e. The number of hydrogen-bond acceptors (Lipinski definition) is 4. The van der Waals surface area contributed by atoms with Gasteiger partial charge in [0.1, 0.15) is 5.82 Å². The highest BCUT2D eigenvalue weighted by Crippen LogP contribution is 2.14. The molecule has 0 aromatic carbocycles. The molecule has 5 heteroatoms. The first-order chi connectivity index (χ1) is 8.67. The summed E-state index contributed by atoms with van der Waals surface area (Å²) in [4.78, 5) is 6.26. The van der Waals surface area contributed by atoms with E-state index in [4.69, 9.17) is 5.11 Å². The fraction of sp³-hybridized carbons (Fsp3) is 0.615. The Bertz CT molecular complexity index is 332. The van der Waals surface area contributed by atoms with Gasteiger partial charge in [0.05, 0.1) is 17.9 Å². The maximum atomic E-state index is 12.8. The molecule has 0 amide bonds. The lowest BCUT2D eigenvalue weighted by Crippen LogP contribution is -2.27. The summed E-state index contributed by atoms with van der Waals surface area (Å²) in [6.07, 6.45) is 2.93. The molecule has 2 N–H and O–H groups in total. The Balaban J connectivity index is 2.44. The average Bonchev–Trinajstić information content (AvgIpc) is 2.39. The largest absolute Gasteiger partial charge is 0.396 e. The summed E-state index contributed by atoms with van der Waals surface area (Å²) in [7, 11) is 3.91. The van der Waals surface area contributed by atoms with Crippen LogP contribution in [0.25, 0.3) is 0 Å². The van der Waals surface area contributed by atoms with E-state index >= 15 is 0 Å². The molecule has 0 fully saturated rings. The van der Waals surface area contributed by atoms with Crippen molar-refractivity contribution in [3.63, 3.8) is 0 Å². The Labute approximate surface area is 108 Å². The van der Waals surface area contributed by atoms with Gasteiger partial charge in [-0.25, -0.2) is 4.39 Å². The second-order valence-electron chi connectivity index (χ2n) is 4.41. The minimum Gasteiger partial charge on any atom is -0.396 e.